The molecule has 3 nitrogen and oxygen atoms in total. The maximum Gasteiger partial charge on any atom is 0.215 e. The van der Waals surface area contributed by atoms with Crippen molar-refractivity contribution in [2.75, 3.05) is 0 Å². The summed E-state index contributed by atoms with van der Waals surface area (Å²) in [5.41, 5.74) is 1.76. The van der Waals surface area contributed by atoms with Gasteiger partial charge < -0.3 is 0 Å². The highest BCUT2D eigenvalue weighted by molar-refractivity contribution is 9.10. The zero-order valence-electron chi connectivity index (χ0n) is 7.99. The Hall–Kier alpha value is -0.390. The van der Waals surface area contributed by atoms with Crippen LogP contribution in [0.15, 0.2) is 22.7 Å². The van der Waals surface area contributed by atoms with Gasteiger partial charge in [0.15, 0.2) is 0 Å². The molecule has 0 fully saturated rings. The normalized spacial score (nSPS) is 14.0. The van der Waals surface area contributed by atoms with E-state index in [2.05, 4.69) is 15.9 Å². The fraction of sp³-hybridized carbons (Fsp3) is 0.333. The molecule has 0 aromatic heterocycles. The van der Waals surface area contributed by atoms with Crippen molar-refractivity contribution >= 4 is 26.0 Å². The molecule has 1 aromatic carbocycles. The molecule has 0 spiro atoms. The summed E-state index contributed by atoms with van der Waals surface area (Å²) in [4.78, 5) is 0. The van der Waals surface area contributed by atoms with Gasteiger partial charge in [0.2, 0.25) is 10.0 Å². The summed E-state index contributed by atoms with van der Waals surface area (Å²) in [5.74, 6) is 0. The molecule has 5 heteroatoms. The highest BCUT2D eigenvalue weighted by Gasteiger charge is 2.17. The first kappa shape index (κ1) is 11.7. The zero-order chi connectivity index (χ0) is 10.9. The van der Waals surface area contributed by atoms with Crippen molar-refractivity contribution in [1.29, 1.82) is 0 Å². The van der Waals surface area contributed by atoms with Crippen molar-refractivity contribution < 1.29 is 8.42 Å². The molecule has 0 heterocycles. The van der Waals surface area contributed by atoms with Crippen molar-refractivity contribution in [2.45, 2.75) is 19.1 Å². The number of rotatable bonds is 2. The summed E-state index contributed by atoms with van der Waals surface area (Å²) in [6.07, 6.45) is 0. The Morgan fingerprint density at radius 1 is 1.43 bits per heavy atom. The van der Waals surface area contributed by atoms with Crippen LogP contribution in [0.1, 0.15) is 23.3 Å². The largest absolute Gasteiger partial charge is 0.228 e. The Bertz CT molecular complexity index is 442. The maximum absolute atomic E-state index is 11.1. The molecule has 1 atom stereocenters. The van der Waals surface area contributed by atoms with Gasteiger partial charge in [-0.15, -0.1) is 0 Å². The lowest BCUT2D eigenvalue weighted by atomic mass is 10.1. The van der Waals surface area contributed by atoms with Crippen LogP contribution in [0.5, 0.6) is 0 Å². The molecule has 1 aromatic rings. The highest BCUT2D eigenvalue weighted by atomic mass is 79.9. The number of hydrogen-bond donors (Lipinski definition) is 1. The number of hydrogen-bond acceptors (Lipinski definition) is 2. The average Bonchev–Trinajstić information content (AvgIpc) is 2.07. The maximum atomic E-state index is 11.1. The lowest BCUT2D eigenvalue weighted by Crippen LogP contribution is -2.19. The van der Waals surface area contributed by atoms with Gasteiger partial charge in [-0.3, -0.25) is 0 Å². The van der Waals surface area contributed by atoms with E-state index >= 15 is 0 Å². The van der Waals surface area contributed by atoms with Crippen LogP contribution >= 0.6 is 15.9 Å². The number of benzene rings is 1. The third kappa shape index (κ3) is 2.56. The number of sulfonamides is 1. The van der Waals surface area contributed by atoms with Crippen LogP contribution < -0.4 is 5.14 Å². The highest BCUT2D eigenvalue weighted by Crippen LogP contribution is 2.24. The molecule has 1 unspecified atom stereocenters. The monoisotopic (exact) mass is 277 g/mol. The molecule has 0 aliphatic carbocycles. The van der Waals surface area contributed by atoms with E-state index in [0.717, 1.165) is 10.0 Å². The quantitative estimate of drug-likeness (QED) is 0.900. The molecule has 0 aliphatic heterocycles. The molecule has 0 aliphatic rings. The van der Waals surface area contributed by atoms with Crippen LogP contribution in [0, 0.1) is 6.92 Å². The minimum absolute atomic E-state index is 0.667. The predicted molar refractivity (Wildman–Crippen MR) is 60.4 cm³/mol. The van der Waals surface area contributed by atoms with Gasteiger partial charge in [-0.25, -0.2) is 13.6 Å². The van der Waals surface area contributed by atoms with Crippen LogP contribution in [0.4, 0.5) is 0 Å². The topological polar surface area (TPSA) is 60.2 Å². The fourth-order valence-electron chi connectivity index (χ4n) is 1.05. The summed E-state index contributed by atoms with van der Waals surface area (Å²) in [6, 6.07) is 5.42. The molecule has 0 saturated heterocycles. The molecule has 1 rings (SSSR count). The molecule has 14 heavy (non-hydrogen) atoms. The van der Waals surface area contributed by atoms with E-state index < -0.39 is 15.3 Å². The molecular formula is C9H12BrNO2S. The number of nitrogens with two attached hydrogens (primary N) is 1. The van der Waals surface area contributed by atoms with Gasteiger partial charge in [0.1, 0.15) is 0 Å². The second-order valence-corrected chi connectivity index (χ2v) is 5.98. The van der Waals surface area contributed by atoms with Crippen LogP contribution in [0.25, 0.3) is 0 Å². The Morgan fingerprint density at radius 2 is 2.00 bits per heavy atom. The minimum Gasteiger partial charge on any atom is -0.228 e. The van der Waals surface area contributed by atoms with E-state index in [1.165, 1.54) is 0 Å². The fourth-order valence-corrected chi connectivity index (χ4v) is 1.97. The smallest absolute Gasteiger partial charge is 0.215 e. The van der Waals surface area contributed by atoms with Gasteiger partial charge in [-0.2, -0.15) is 0 Å². The number of aryl methyl sites for hydroxylation is 1. The molecule has 0 radical (unpaired) electrons. The van der Waals surface area contributed by atoms with Crippen LogP contribution in [0.2, 0.25) is 0 Å². The van der Waals surface area contributed by atoms with Crippen LogP contribution in [-0.2, 0) is 10.0 Å². The second kappa shape index (κ2) is 4.00. The number of primary sulfonamides is 1. The SMILES string of the molecule is Cc1ccc(C(C)S(N)(=O)=O)cc1Br. The van der Waals surface area contributed by atoms with Gasteiger partial charge >= 0.3 is 0 Å². The standard InChI is InChI=1S/C9H12BrNO2S/c1-6-3-4-8(5-9(6)10)7(2)14(11,12)13/h3-5,7H,1-2H3,(H2,11,12,13). The van der Waals surface area contributed by atoms with E-state index in [4.69, 9.17) is 5.14 Å². The molecule has 0 amide bonds. The minimum atomic E-state index is -3.51. The van der Waals surface area contributed by atoms with E-state index in [9.17, 15) is 8.42 Å². The summed E-state index contributed by atoms with van der Waals surface area (Å²) in [5, 5.41) is 4.39. The van der Waals surface area contributed by atoms with Crippen molar-refractivity contribution in [3.05, 3.63) is 33.8 Å². The first-order chi connectivity index (χ1) is 6.32. The van der Waals surface area contributed by atoms with Crippen molar-refractivity contribution in [1.82, 2.24) is 0 Å². The summed E-state index contributed by atoms with van der Waals surface area (Å²) >= 11 is 3.35. The molecule has 0 saturated carbocycles. The van der Waals surface area contributed by atoms with Crippen molar-refractivity contribution in [3.8, 4) is 0 Å². The van der Waals surface area contributed by atoms with Gasteiger partial charge in [-0.05, 0) is 31.0 Å². The van der Waals surface area contributed by atoms with E-state index in [-0.39, 0.29) is 0 Å². The third-order valence-corrected chi connectivity index (χ3v) is 4.27. The van der Waals surface area contributed by atoms with Crippen molar-refractivity contribution in [3.63, 3.8) is 0 Å². The third-order valence-electron chi connectivity index (χ3n) is 2.16. The first-order valence-electron chi connectivity index (χ1n) is 4.10. The Balaban J connectivity index is 3.16. The average molecular weight is 278 g/mol. The summed E-state index contributed by atoms with van der Waals surface area (Å²) < 4.78 is 23.1. The van der Waals surface area contributed by atoms with Gasteiger partial charge in [0, 0.05) is 4.47 Å². The van der Waals surface area contributed by atoms with E-state index in [1.54, 1.807) is 19.1 Å². The van der Waals surface area contributed by atoms with Gasteiger partial charge in [-0.1, -0.05) is 28.1 Å². The van der Waals surface area contributed by atoms with E-state index in [1.807, 2.05) is 13.0 Å². The summed E-state index contributed by atoms with van der Waals surface area (Å²) in [7, 11) is -3.51. The second-order valence-electron chi connectivity index (χ2n) is 3.24. The molecule has 0 bridgehead atoms. The Morgan fingerprint density at radius 3 is 2.43 bits per heavy atom. The van der Waals surface area contributed by atoms with Crippen molar-refractivity contribution in [2.24, 2.45) is 5.14 Å². The molecular weight excluding hydrogens is 266 g/mol. The van der Waals surface area contributed by atoms with Crippen LogP contribution in [0.3, 0.4) is 0 Å². The van der Waals surface area contributed by atoms with Crippen LogP contribution in [-0.4, -0.2) is 8.42 Å². The lowest BCUT2D eigenvalue weighted by Gasteiger charge is -2.10. The zero-order valence-corrected chi connectivity index (χ0v) is 10.4. The van der Waals surface area contributed by atoms with Gasteiger partial charge in [0.25, 0.3) is 0 Å². The Labute approximate surface area is 92.5 Å². The summed E-state index contributed by atoms with van der Waals surface area (Å²) in [6.45, 7) is 3.52. The predicted octanol–water partition coefficient (Wildman–Crippen LogP) is 2.11. The van der Waals surface area contributed by atoms with E-state index in [0.29, 0.717) is 5.56 Å². The Kier molecular flexibility index (Phi) is 3.34. The van der Waals surface area contributed by atoms with Gasteiger partial charge in [0.05, 0.1) is 5.25 Å². The lowest BCUT2D eigenvalue weighted by molar-refractivity contribution is 0.588. The molecule has 2 N–H and O–H groups in total. The number of halogens is 1. The first-order valence-corrected chi connectivity index (χ1v) is 6.50. The molecule has 78 valence electrons.